The highest BCUT2D eigenvalue weighted by atomic mass is 16.3. The van der Waals surface area contributed by atoms with E-state index in [0.29, 0.717) is 0 Å². The highest BCUT2D eigenvalue weighted by molar-refractivity contribution is 5.30. The van der Waals surface area contributed by atoms with Crippen LogP contribution < -0.4 is 0 Å². The van der Waals surface area contributed by atoms with Gasteiger partial charge in [-0.15, -0.1) is 0 Å². The van der Waals surface area contributed by atoms with E-state index in [4.69, 9.17) is 20.4 Å². The number of hydrogen-bond donors (Lipinski definition) is 4. The molecule has 0 atom stereocenters. The number of benzene rings is 1. The van der Waals surface area contributed by atoms with Gasteiger partial charge in [-0.1, -0.05) is 6.07 Å². The second kappa shape index (κ2) is 5.75. The number of aliphatic hydroxyl groups is 2. The van der Waals surface area contributed by atoms with Crippen molar-refractivity contribution in [3.63, 3.8) is 0 Å². The smallest absolute Gasteiger partial charge is 0.126 e. The van der Waals surface area contributed by atoms with Gasteiger partial charge in [-0.2, -0.15) is 0 Å². The molecule has 4 N–H and O–H groups in total. The number of phenolic OH excluding ortho intramolecular Hbond substituents is 2. The molecule has 0 aromatic heterocycles. The Morgan fingerprint density at radius 2 is 1.29 bits per heavy atom. The van der Waals surface area contributed by atoms with E-state index >= 15 is 0 Å². The molecular weight excluding hydrogens is 184 g/mol. The Labute approximate surface area is 82.4 Å². The molecule has 0 amide bonds. The molecule has 1 rings (SSSR count). The fourth-order valence-corrected chi connectivity index (χ4v) is 0.493. The third-order valence-electron chi connectivity index (χ3n) is 1.35. The lowest BCUT2D eigenvalue weighted by molar-refractivity contribution is 0.328. The van der Waals surface area contributed by atoms with Crippen LogP contribution in [-0.2, 0) is 0 Å². The van der Waals surface area contributed by atoms with Gasteiger partial charge >= 0.3 is 0 Å². The van der Waals surface area contributed by atoms with Crippen LogP contribution in [0.1, 0.15) is 13.8 Å². The molecule has 78 valence electrons. The molecule has 0 heterocycles. The SMILES string of the molecule is CC(O)=C(C)O.Oc1cccc(O)c1. The van der Waals surface area contributed by atoms with Gasteiger partial charge < -0.3 is 20.4 Å². The summed E-state index contributed by atoms with van der Waals surface area (Å²) in [6.07, 6.45) is 0. The molecule has 0 saturated carbocycles. The molecule has 0 aliphatic carbocycles. The van der Waals surface area contributed by atoms with Gasteiger partial charge in [0.15, 0.2) is 0 Å². The fourth-order valence-electron chi connectivity index (χ4n) is 0.493. The molecule has 14 heavy (non-hydrogen) atoms. The molecule has 0 saturated heterocycles. The minimum absolute atomic E-state index is 0.0185. The van der Waals surface area contributed by atoms with Gasteiger partial charge in [0.1, 0.15) is 23.0 Å². The van der Waals surface area contributed by atoms with Crippen molar-refractivity contribution in [1.82, 2.24) is 0 Å². The van der Waals surface area contributed by atoms with Crippen molar-refractivity contribution in [3.05, 3.63) is 35.8 Å². The number of aromatic hydroxyl groups is 2. The number of aliphatic hydroxyl groups excluding tert-OH is 2. The van der Waals surface area contributed by atoms with Crippen molar-refractivity contribution in [2.45, 2.75) is 13.8 Å². The molecule has 0 unspecified atom stereocenters. The number of allylic oxidation sites excluding steroid dienone is 2. The summed E-state index contributed by atoms with van der Waals surface area (Å²) in [6, 6.07) is 5.85. The van der Waals surface area contributed by atoms with Crippen LogP contribution in [0.3, 0.4) is 0 Å². The second-order valence-electron chi connectivity index (χ2n) is 2.69. The van der Waals surface area contributed by atoms with Gasteiger partial charge in [-0.3, -0.25) is 0 Å². The highest BCUT2D eigenvalue weighted by Crippen LogP contribution is 2.14. The predicted molar refractivity (Wildman–Crippen MR) is 53.4 cm³/mol. The Bertz CT molecular complexity index is 282. The van der Waals surface area contributed by atoms with Crippen LogP contribution in [0.5, 0.6) is 11.5 Å². The van der Waals surface area contributed by atoms with Gasteiger partial charge in [0, 0.05) is 6.07 Å². The fraction of sp³-hybridized carbons (Fsp3) is 0.200. The van der Waals surface area contributed by atoms with Gasteiger partial charge in [-0.05, 0) is 26.0 Å². The van der Waals surface area contributed by atoms with Crippen LogP contribution >= 0.6 is 0 Å². The zero-order valence-corrected chi connectivity index (χ0v) is 8.10. The summed E-state index contributed by atoms with van der Waals surface area (Å²) >= 11 is 0. The van der Waals surface area contributed by atoms with Crippen molar-refractivity contribution >= 4 is 0 Å². The van der Waals surface area contributed by atoms with Crippen molar-refractivity contribution in [1.29, 1.82) is 0 Å². The lowest BCUT2D eigenvalue weighted by atomic mass is 10.3. The van der Waals surface area contributed by atoms with Crippen molar-refractivity contribution < 1.29 is 20.4 Å². The topological polar surface area (TPSA) is 80.9 Å². The quantitative estimate of drug-likeness (QED) is 0.483. The monoisotopic (exact) mass is 198 g/mol. The molecule has 1 aromatic rings. The zero-order chi connectivity index (χ0) is 11.1. The van der Waals surface area contributed by atoms with Crippen LogP contribution in [-0.4, -0.2) is 20.4 Å². The maximum absolute atomic E-state index is 8.65. The number of phenols is 2. The summed E-state index contributed by atoms with van der Waals surface area (Å²) in [5, 5.41) is 33.8. The minimum atomic E-state index is -0.0185. The third kappa shape index (κ3) is 5.77. The average Bonchev–Trinajstić information content (AvgIpc) is 2.04. The van der Waals surface area contributed by atoms with E-state index in [1.807, 2.05) is 0 Å². The molecule has 0 fully saturated rings. The molecule has 4 nitrogen and oxygen atoms in total. The molecule has 0 aliphatic heterocycles. The summed E-state index contributed by atoms with van der Waals surface area (Å²) in [4.78, 5) is 0. The summed E-state index contributed by atoms with van der Waals surface area (Å²) < 4.78 is 0. The van der Waals surface area contributed by atoms with Crippen molar-refractivity contribution in [2.75, 3.05) is 0 Å². The second-order valence-corrected chi connectivity index (χ2v) is 2.69. The summed E-state index contributed by atoms with van der Waals surface area (Å²) in [6.45, 7) is 2.85. The number of hydrogen-bond acceptors (Lipinski definition) is 4. The maximum atomic E-state index is 8.65. The van der Waals surface area contributed by atoms with Gasteiger partial charge in [0.25, 0.3) is 0 Å². The first-order chi connectivity index (χ1) is 6.43. The van der Waals surface area contributed by atoms with Gasteiger partial charge in [-0.25, -0.2) is 0 Å². The largest absolute Gasteiger partial charge is 0.509 e. The van der Waals surface area contributed by atoms with E-state index in [1.165, 1.54) is 32.0 Å². The normalized spacial score (nSPS) is 11.0. The standard InChI is InChI=1S/C6H6O2.C4H8O2/c7-5-2-1-3-6(8)4-5;1-3(5)4(2)6/h1-4,7-8H;5-6H,1-2H3. The van der Waals surface area contributed by atoms with Crippen molar-refractivity contribution in [3.8, 4) is 11.5 Å². The molecule has 0 radical (unpaired) electrons. The highest BCUT2D eigenvalue weighted by Gasteiger charge is 1.85. The van der Waals surface area contributed by atoms with Crippen LogP contribution in [0.2, 0.25) is 0 Å². The third-order valence-corrected chi connectivity index (χ3v) is 1.35. The average molecular weight is 198 g/mol. The lowest BCUT2D eigenvalue weighted by Gasteiger charge is -1.89. The van der Waals surface area contributed by atoms with Crippen LogP contribution in [0.25, 0.3) is 0 Å². The van der Waals surface area contributed by atoms with Gasteiger partial charge in [0.2, 0.25) is 0 Å². The summed E-state index contributed by atoms with van der Waals surface area (Å²) in [5.74, 6) is 0.139. The van der Waals surface area contributed by atoms with E-state index in [9.17, 15) is 0 Å². The Morgan fingerprint density at radius 3 is 1.43 bits per heavy atom. The summed E-state index contributed by atoms with van der Waals surface area (Å²) in [5.41, 5.74) is 0. The molecule has 4 heteroatoms. The Kier molecular flexibility index (Phi) is 4.99. The Hall–Kier alpha value is -1.84. The summed E-state index contributed by atoms with van der Waals surface area (Å²) in [7, 11) is 0. The predicted octanol–water partition coefficient (Wildman–Crippen LogP) is 2.45. The van der Waals surface area contributed by atoms with E-state index in [-0.39, 0.29) is 23.0 Å². The first-order valence-corrected chi connectivity index (χ1v) is 3.97. The minimum Gasteiger partial charge on any atom is -0.509 e. The number of rotatable bonds is 0. The van der Waals surface area contributed by atoms with E-state index < -0.39 is 0 Å². The zero-order valence-electron chi connectivity index (χ0n) is 8.10. The van der Waals surface area contributed by atoms with Crippen LogP contribution in [0.15, 0.2) is 35.8 Å². The van der Waals surface area contributed by atoms with Gasteiger partial charge in [0.05, 0.1) is 0 Å². The first kappa shape index (κ1) is 12.2. The van der Waals surface area contributed by atoms with Crippen molar-refractivity contribution in [2.24, 2.45) is 0 Å². The molecular formula is C10H14O4. The Morgan fingerprint density at radius 1 is 0.929 bits per heavy atom. The maximum Gasteiger partial charge on any atom is 0.126 e. The van der Waals surface area contributed by atoms with Crippen LogP contribution in [0.4, 0.5) is 0 Å². The Balaban J connectivity index is 0.000000255. The lowest BCUT2D eigenvalue weighted by Crippen LogP contribution is -1.76. The molecule has 1 aromatic carbocycles. The van der Waals surface area contributed by atoms with E-state index in [0.717, 1.165) is 0 Å². The van der Waals surface area contributed by atoms with Crippen LogP contribution in [0, 0.1) is 0 Å². The molecule has 0 aliphatic rings. The molecule has 0 spiro atoms. The first-order valence-electron chi connectivity index (χ1n) is 3.97. The van der Waals surface area contributed by atoms with E-state index in [1.54, 1.807) is 6.07 Å². The van der Waals surface area contributed by atoms with E-state index in [2.05, 4.69) is 0 Å². The molecule has 0 bridgehead atoms.